The Morgan fingerprint density at radius 2 is 1.92 bits per heavy atom. The van der Waals surface area contributed by atoms with Crippen LogP contribution in [-0.4, -0.2) is 38.2 Å². The minimum absolute atomic E-state index is 0.147. The Labute approximate surface area is 224 Å². The summed E-state index contributed by atoms with van der Waals surface area (Å²) in [5.74, 6) is 1.71. The second-order valence-electron chi connectivity index (χ2n) is 8.14. The zero-order valence-corrected chi connectivity index (χ0v) is 22.9. The Hall–Kier alpha value is -3.57. The van der Waals surface area contributed by atoms with E-state index in [4.69, 9.17) is 23.7 Å². The first-order valence-corrected chi connectivity index (χ1v) is 13.0. The Morgan fingerprint density at radius 1 is 1.19 bits per heavy atom. The Kier molecular flexibility index (Phi) is 6.82. The van der Waals surface area contributed by atoms with Crippen molar-refractivity contribution in [1.29, 1.82) is 0 Å². The number of hydrogen-bond acceptors (Lipinski definition) is 9. The predicted molar refractivity (Wildman–Crippen MR) is 140 cm³/mol. The van der Waals surface area contributed by atoms with Gasteiger partial charge in [0.15, 0.2) is 27.8 Å². The molecule has 192 valence electrons. The fraction of sp³-hybridized carbons (Fsp3) is 0.269. The van der Waals surface area contributed by atoms with Crippen molar-refractivity contribution >= 4 is 39.3 Å². The Bertz CT molecular complexity index is 1620. The number of allylic oxidation sites excluding steroid dienone is 1. The zero-order valence-electron chi connectivity index (χ0n) is 20.5. The van der Waals surface area contributed by atoms with Crippen molar-refractivity contribution in [3.05, 3.63) is 76.9 Å². The molecule has 0 spiro atoms. The van der Waals surface area contributed by atoms with Gasteiger partial charge in [-0.15, -0.1) is 0 Å². The number of aromatic nitrogens is 1. The summed E-state index contributed by atoms with van der Waals surface area (Å²) >= 11 is 4.79. The van der Waals surface area contributed by atoms with E-state index in [-0.39, 0.29) is 24.5 Å². The number of ether oxygens (including phenoxy) is 5. The van der Waals surface area contributed by atoms with Crippen LogP contribution in [0.3, 0.4) is 0 Å². The van der Waals surface area contributed by atoms with Gasteiger partial charge in [0.05, 0.1) is 42.7 Å². The highest BCUT2D eigenvalue weighted by Crippen LogP contribution is 2.38. The maximum atomic E-state index is 13.8. The zero-order chi connectivity index (χ0) is 26.3. The molecule has 0 N–H and O–H groups in total. The summed E-state index contributed by atoms with van der Waals surface area (Å²) < 4.78 is 29.9. The van der Waals surface area contributed by atoms with Crippen LogP contribution in [-0.2, 0) is 9.53 Å². The molecule has 0 radical (unpaired) electrons. The van der Waals surface area contributed by atoms with Gasteiger partial charge in [-0.25, -0.2) is 9.79 Å². The molecule has 2 aromatic carbocycles. The van der Waals surface area contributed by atoms with Gasteiger partial charge in [-0.2, -0.15) is 0 Å². The molecule has 1 atom stereocenters. The van der Waals surface area contributed by atoms with E-state index in [2.05, 4.69) is 20.9 Å². The second-order valence-corrected chi connectivity index (χ2v) is 10.0. The summed E-state index contributed by atoms with van der Waals surface area (Å²) in [6, 6.07) is 8.15. The van der Waals surface area contributed by atoms with Gasteiger partial charge in [-0.1, -0.05) is 33.3 Å². The molecule has 2 aliphatic heterocycles. The van der Waals surface area contributed by atoms with E-state index in [0.717, 1.165) is 10.0 Å². The van der Waals surface area contributed by atoms with Crippen LogP contribution in [0.2, 0.25) is 0 Å². The topological polar surface area (TPSA) is 97.6 Å². The Morgan fingerprint density at radius 3 is 2.62 bits per heavy atom. The third kappa shape index (κ3) is 4.42. The molecule has 9 nitrogen and oxygen atoms in total. The number of methoxy groups -OCH3 is 2. The van der Waals surface area contributed by atoms with Gasteiger partial charge in [0.25, 0.3) is 5.56 Å². The van der Waals surface area contributed by atoms with Gasteiger partial charge in [0.1, 0.15) is 0 Å². The van der Waals surface area contributed by atoms with Gasteiger partial charge >= 0.3 is 5.97 Å². The predicted octanol–water partition coefficient (Wildman–Crippen LogP) is 3.31. The molecule has 0 amide bonds. The molecule has 0 fully saturated rings. The van der Waals surface area contributed by atoms with E-state index in [1.807, 2.05) is 6.07 Å². The monoisotopic (exact) mass is 586 g/mol. The van der Waals surface area contributed by atoms with Gasteiger partial charge in [-0.3, -0.25) is 9.36 Å². The van der Waals surface area contributed by atoms with Crippen molar-refractivity contribution in [2.24, 2.45) is 4.99 Å². The Balaban J connectivity index is 1.72. The molecule has 11 heteroatoms. The van der Waals surface area contributed by atoms with Crippen LogP contribution in [0.1, 0.15) is 31.0 Å². The molecule has 0 aliphatic carbocycles. The number of carbonyl (C=O) groups excluding carboxylic acids is 1. The van der Waals surface area contributed by atoms with E-state index in [9.17, 15) is 9.59 Å². The quantitative estimate of drug-likeness (QED) is 0.409. The number of nitrogens with zero attached hydrogens (tertiary/aromatic N) is 2. The smallest absolute Gasteiger partial charge is 0.338 e. The van der Waals surface area contributed by atoms with Crippen molar-refractivity contribution in [2.45, 2.75) is 19.9 Å². The highest BCUT2D eigenvalue weighted by molar-refractivity contribution is 9.10. The fourth-order valence-corrected chi connectivity index (χ4v) is 5.79. The first-order valence-electron chi connectivity index (χ1n) is 11.4. The lowest BCUT2D eigenvalue weighted by Gasteiger charge is -2.25. The lowest BCUT2D eigenvalue weighted by atomic mass is 9.95. The normalized spacial score (nSPS) is 16.4. The number of thiazole rings is 1. The minimum atomic E-state index is -0.766. The average molecular weight is 587 g/mol. The van der Waals surface area contributed by atoms with Crippen LogP contribution in [0.25, 0.3) is 6.08 Å². The maximum absolute atomic E-state index is 13.8. The molecule has 1 aromatic heterocycles. The SMILES string of the molecule is CCOC(=O)C1=C(C)N=c2s/c(=C\c3cc4c(cc3Br)OCO4)c(=O)n2[C@@H]1c1ccc(OC)c(OC)c1. The molecular formula is C26H23BrN2O7S. The molecule has 0 saturated heterocycles. The number of carbonyl (C=O) groups is 1. The van der Waals surface area contributed by atoms with Crippen LogP contribution in [0, 0.1) is 0 Å². The van der Waals surface area contributed by atoms with Gasteiger partial charge in [-0.05, 0) is 55.3 Å². The molecule has 37 heavy (non-hydrogen) atoms. The number of fused-ring (bicyclic) bond motifs is 2. The van der Waals surface area contributed by atoms with Crippen molar-refractivity contribution in [2.75, 3.05) is 27.6 Å². The van der Waals surface area contributed by atoms with E-state index < -0.39 is 12.0 Å². The number of rotatable bonds is 6. The van der Waals surface area contributed by atoms with Crippen LogP contribution in [0.4, 0.5) is 0 Å². The van der Waals surface area contributed by atoms with Crippen LogP contribution < -0.4 is 33.8 Å². The molecule has 3 heterocycles. The molecule has 3 aromatic rings. The third-order valence-corrected chi connectivity index (χ3v) is 7.69. The van der Waals surface area contributed by atoms with E-state index in [1.54, 1.807) is 51.3 Å². The molecule has 5 rings (SSSR count). The molecule has 0 saturated carbocycles. The first kappa shape index (κ1) is 25.1. The van der Waals surface area contributed by atoms with Crippen LogP contribution in [0.15, 0.2) is 55.9 Å². The lowest BCUT2D eigenvalue weighted by Crippen LogP contribution is -2.40. The maximum Gasteiger partial charge on any atom is 0.338 e. The minimum Gasteiger partial charge on any atom is -0.493 e. The van der Waals surface area contributed by atoms with Crippen LogP contribution >= 0.6 is 27.3 Å². The summed E-state index contributed by atoms with van der Waals surface area (Å²) in [5, 5.41) is 0. The van der Waals surface area contributed by atoms with Crippen molar-refractivity contribution in [1.82, 2.24) is 4.57 Å². The molecule has 0 unspecified atom stereocenters. The fourth-order valence-electron chi connectivity index (χ4n) is 4.31. The van der Waals surface area contributed by atoms with E-state index >= 15 is 0 Å². The van der Waals surface area contributed by atoms with Gasteiger partial charge in [0.2, 0.25) is 6.79 Å². The third-order valence-electron chi connectivity index (χ3n) is 6.02. The number of hydrogen-bond donors (Lipinski definition) is 0. The largest absolute Gasteiger partial charge is 0.493 e. The van der Waals surface area contributed by atoms with Crippen molar-refractivity contribution in [3.63, 3.8) is 0 Å². The summed E-state index contributed by atoms with van der Waals surface area (Å²) in [6.07, 6.45) is 1.77. The lowest BCUT2D eigenvalue weighted by molar-refractivity contribution is -0.139. The standard InChI is InChI=1S/C26H23BrN2O7S/c1-5-34-25(31)22-13(2)28-26-29(23(22)14-6-7-17(32-3)18(8-14)33-4)24(30)21(37-26)10-15-9-19-20(11-16(15)27)36-12-35-19/h6-11,23H,5,12H2,1-4H3/b21-10-/t23-/m1/s1. The average Bonchev–Trinajstić information content (AvgIpc) is 3.46. The van der Waals surface area contributed by atoms with Gasteiger partial charge < -0.3 is 23.7 Å². The molecule has 2 aliphatic rings. The van der Waals surface area contributed by atoms with Crippen molar-refractivity contribution in [3.8, 4) is 23.0 Å². The number of esters is 1. The number of halogens is 1. The first-order chi connectivity index (χ1) is 17.9. The van der Waals surface area contributed by atoms with E-state index in [1.165, 1.54) is 23.0 Å². The summed E-state index contributed by atoms with van der Waals surface area (Å²) in [7, 11) is 3.08. The van der Waals surface area contributed by atoms with Gasteiger partial charge in [0, 0.05) is 4.47 Å². The number of benzene rings is 2. The molecule has 0 bridgehead atoms. The van der Waals surface area contributed by atoms with E-state index in [0.29, 0.717) is 43.6 Å². The highest BCUT2D eigenvalue weighted by Gasteiger charge is 2.34. The highest BCUT2D eigenvalue weighted by atomic mass is 79.9. The molecular weight excluding hydrogens is 564 g/mol. The van der Waals surface area contributed by atoms with Crippen molar-refractivity contribution < 1.29 is 28.5 Å². The summed E-state index contributed by atoms with van der Waals surface area (Å²) in [4.78, 5) is 32.0. The summed E-state index contributed by atoms with van der Waals surface area (Å²) in [5.41, 5.74) is 1.89. The summed E-state index contributed by atoms with van der Waals surface area (Å²) in [6.45, 7) is 3.81. The van der Waals surface area contributed by atoms with Crippen LogP contribution in [0.5, 0.6) is 23.0 Å². The second kappa shape index (κ2) is 10.1.